The van der Waals surface area contributed by atoms with Crippen molar-refractivity contribution in [2.45, 2.75) is 37.8 Å². The van der Waals surface area contributed by atoms with Gasteiger partial charge in [-0.3, -0.25) is 0 Å². The summed E-state index contributed by atoms with van der Waals surface area (Å²) in [6, 6.07) is 4.63. The van der Waals surface area contributed by atoms with E-state index in [2.05, 4.69) is 0 Å². The third kappa shape index (κ3) is 3.49. The molecule has 2 rings (SSSR count). The van der Waals surface area contributed by atoms with Crippen LogP contribution in [0.1, 0.15) is 59.8 Å². The largest absolute Gasteiger partial charge is 0.508 e. The first-order valence-corrected chi connectivity index (χ1v) is 5.61. The lowest BCUT2D eigenvalue weighted by molar-refractivity contribution is 0.253. The van der Waals surface area contributed by atoms with E-state index in [1.54, 1.807) is 0 Å². The summed E-state index contributed by atoms with van der Waals surface area (Å²) in [5, 5.41) is 9.58. The lowest BCUT2D eigenvalue weighted by Gasteiger charge is -2.32. The molecule has 1 aromatic rings. The van der Waals surface area contributed by atoms with Crippen LogP contribution in [-0.2, 0) is 0 Å². The highest BCUT2D eigenvalue weighted by Crippen LogP contribution is 2.36. The van der Waals surface area contributed by atoms with Crippen molar-refractivity contribution in [1.82, 2.24) is 4.90 Å². The van der Waals surface area contributed by atoms with Gasteiger partial charge in [0, 0.05) is 23.0 Å². The zero-order valence-electron chi connectivity index (χ0n) is 22.4. The minimum Gasteiger partial charge on any atom is -0.508 e. The molecule has 1 atom stereocenters. The van der Waals surface area contributed by atoms with E-state index in [1.165, 1.54) is 31.1 Å². The Morgan fingerprint density at radius 1 is 1.33 bits per heavy atom. The first kappa shape index (κ1) is 4.82. The normalized spacial score (nSPS) is 46.4. The van der Waals surface area contributed by atoms with Gasteiger partial charge in [0.15, 0.2) is 0 Å². The second kappa shape index (κ2) is 6.24. The minimum absolute atomic E-state index is 0.147. The van der Waals surface area contributed by atoms with Gasteiger partial charge in [-0.15, -0.1) is 0 Å². The lowest BCUT2D eigenvalue weighted by atomic mass is 9.76. The van der Waals surface area contributed by atoms with Gasteiger partial charge in [-0.05, 0) is 56.3 Å². The van der Waals surface area contributed by atoms with E-state index >= 15 is 0 Å². The first-order chi connectivity index (χ1) is 13.2. The molecule has 0 radical (unpaired) electrons. The fourth-order valence-electron chi connectivity index (χ4n) is 1.69. The molecule has 0 aromatic heterocycles. The van der Waals surface area contributed by atoms with E-state index in [4.69, 9.17) is 16.4 Å². The lowest BCUT2D eigenvalue weighted by Crippen LogP contribution is -2.27. The maximum Gasteiger partial charge on any atom is 0.115 e. The predicted octanol–water partition coefficient (Wildman–Crippen LogP) is 3.62. The number of likely N-dealkylation sites (N-methyl/N-ethyl adjacent to an activating group) is 1. The van der Waals surface area contributed by atoms with Crippen LogP contribution in [0.4, 0.5) is 0 Å². The fraction of sp³-hybridized carbons (Fsp3) is 0.625. The van der Waals surface area contributed by atoms with Gasteiger partial charge in [-0.2, -0.15) is 0 Å². The number of hydrogen-bond donors (Lipinski definition) is 1. The van der Waals surface area contributed by atoms with Crippen LogP contribution in [0.15, 0.2) is 24.3 Å². The Bertz CT molecular complexity index is 777. The standard InChI is InChI=1S/C16H25NO/c1-17(2)12-16(13-6-4-3-5-7-13)14-8-10-15(18)11-9-14/h8-11,13,16,18H,3-7,12H2,1-2H3/i3D2,4D2,5D2,6D2,7D2,13D,16D. The molecule has 0 aliphatic heterocycles. The van der Waals surface area contributed by atoms with E-state index in [-0.39, 0.29) is 11.3 Å². The van der Waals surface area contributed by atoms with Crippen LogP contribution < -0.4 is 0 Å². The highest BCUT2D eigenvalue weighted by molar-refractivity contribution is 5.29. The molecule has 1 N–H and O–H groups in total. The van der Waals surface area contributed by atoms with Crippen LogP contribution in [0.5, 0.6) is 5.75 Å². The highest BCUT2D eigenvalue weighted by atomic mass is 16.3. The first-order valence-electron chi connectivity index (χ1n) is 11.6. The Kier molecular flexibility index (Phi) is 1.67. The Labute approximate surface area is 127 Å². The third-order valence-corrected chi connectivity index (χ3v) is 2.49. The summed E-state index contributed by atoms with van der Waals surface area (Å²) in [7, 11) is 2.95. The fourth-order valence-corrected chi connectivity index (χ4v) is 1.69. The van der Waals surface area contributed by atoms with Crippen LogP contribution >= 0.6 is 0 Å². The van der Waals surface area contributed by atoms with Gasteiger partial charge in [0.25, 0.3) is 0 Å². The van der Waals surface area contributed by atoms with Crippen molar-refractivity contribution in [2.75, 3.05) is 20.6 Å². The van der Waals surface area contributed by atoms with Gasteiger partial charge in [0.1, 0.15) is 5.75 Å². The number of phenolic OH excluding ortho intramolecular Hbond substituents is 1. The molecule has 1 aliphatic rings. The zero-order chi connectivity index (χ0) is 23.8. The van der Waals surface area contributed by atoms with Crippen molar-refractivity contribution in [2.24, 2.45) is 5.89 Å². The second-order valence-corrected chi connectivity index (χ2v) is 4.26. The molecule has 1 fully saturated rings. The van der Waals surface area contributed by atoms with Crippen molar-refractivity contribution in [1.29, 1.82) is 0 Å². The molecule has 2 heteroatoms. The molecular formula is C16H25NO. The number of benzene rings is 1. The van der Waals surface area contributed by atoms with Crippen LogP contribution in [0.25, 0.3) is 0 Å². The van der Waals surface area contributed by atoms with Gasteiger partial charge in [-0.25, -0.2) is 0 Å². The predicted molar refractivity (Wildman–Crippen MR) is 76.0 cm³/mol. The number of nitrogens with zero attached hydrogens (tertiary/aromatic N) is 1. The molecule has 1 saturated carbocycles. The molecule has 18 heavy (non-hydrogen) atoms. The minimum atomic E-state index is -3.66. The van der Waals surface area contributed by atoms with Crippen molar-refractivity contribution in [3.8, 4) is 5.75 Å². The molecule has 1 aromatic carbocycles. The number of rotatable bonds is 4. The van der Waals surface area contributed by atoms with Gasteiger partial charge >= 0.3 is 0 Å². The molecule has 0 saturated heterocycles. The maximum absolute atomic E-state index is 9.58. The Balaban J connectivity index is 3.01. The van der Waals surface area contributed by atoms with Crippen LogP contribution in [-0.4, -0.2) is 30.6 Å². The molecule has 0 spiro atoms. The summed E-state index contributed by atoms with van der Waals surface area (Å²) in [5.41, 5.74) is -0.147. The topological polar surface area (TPSA) is 23.5 Å². The average Bonchev–Trinajstić information content (AvgIpc) is 2.58. The molecular weight excluding hydrogens is 222 g/mol. The molecule has 1 unspecified atom stereocenters. The average molecular weight is 259 g/mol. The van der Waals surface area contributed by atoms with E-state index in [9.17, 15) is 5.11 Å². The Hall–Kier alpha value is -1.02. The number of hydrogen-bond acceptors (Lipinski definition) is 2. The molecule has 100 valence electrons. The summed E-state index contributed by atoms with van der Waals surface area (Å²) >= 11 is 0. The summed E-state index contributed by atoms with van der Waals surface area (Å²) in [6.07, 6.45) is -18.3. The molecule has 1 aliphatic carbocycles. The smallest absolute Gasteiger partial charge is 0.115 e. The van der Waals surface area contributed by atoms with Crippen molar-refractivity contribution in [3.63, 3.8) is 0 Å². The van der Waals surface area contributed by atoms with E-state index < -0.39 is 50.2 Å². The third-order valence-electron chi connectivity index (χ3n) is 2.49. The number of phenols is 1. The van der Waals surface area contributed by atoms with Gasteiger partial charge in [0.2, 0.25) is 0 Å². The zero-order valence-corrected chi connectivity index (χ0v) is 10.4. The number of aromatic hydroxyl groups is 1. The maximum atomic E-state index is 9.58. The monoisotopic (exact) mass is 259 g/mol. The highest BCUT2D eigenvalue weighted by Gasteiger charge is 2.25. The van der Waals surface area contributed by atoms with Gasteiger partial charge in [0.05, 0.1) is 0 Å². The summed E-state index contributed by atoms with van der Waals surface area (Å²) in [6.45, 7) is -0.505. The van der Waals surface area contributed by atoms with Gasteiger partial charge < -0.3 is 10.0 Å². The SMILES string of the molecule is [2H]C(CN(C)C)(c1ccc(O)cc1)C1([2H])C([2H])([2H])C([2H])([2H])C([2H])([2H])C([2H])([2H])C1([2H])[2H]. The van der Waals surface area contributed by atoms with Crippen molar-refractivity contribution >= 4 is 0 Å². The van der Waals surface area contributed by atoms with Crippen LogP contribution in [0.2, 0.25) is 0 Å². The quantitative estimate of drug-likeness (QED) is 0.893. The summed E-state index contributed by atoms with van der Waals surface area (Å²) < 4.78 is 100. The van der Waals surface area contributed by atoms with Crippen LogP contribution in [0, 0.1) is 5.89 Å². The van der Waals surface area contributed by atoms with Crippen LogP contribution in [0.3, 0.4) is 0 Å². The molecule has 2 nitrogen and oxygen atoms in total. The van der Waals surface area contributed by atoms with Crippen molar-refractivity contribution < 1.29 is 21.6 Å². The second-order valence-electron chi connectivity index (χ2n) is 4.26. The van der Waals surface area contributed by atoms with E-state index in [1.807, 2.05) is 0 Å². The van der Waals surface area contributed by atoms with Gasteiger partial charge in [-0.1, -0.05) is 31.3 Å². The van der Waals surface area contributed by atoms with E-state index in [0.717, 1.165) is 12.1 Å². The van der Waals surface area contributed by atoms with Crippen molar-refractivity contribution in [3.05, 3.63) is 29.8 Å². The molecule has 0 bridgehead atoms. The summed E-state index contributed by atoms with van der Waals surface area (Å²) in [5.74, 6) is -6.26. The Morgan fingerprint density at radius 3 is 2.50 bits per heavy atom. The molecule has 0 heterocycles. The Morgan fingerprint density at radius 2 is 1.94 bits per heavy atom. The summed E-state index contributed by atoms with van der Waals surface area (Å²) in [4.78, 5) is 1.36. The van der Waals surface area contributed by atoms with E-state index in [0.29, 0.717) is 0 Å². The molecule has 0 amide bonds.